The van der Waals surface area contributed by atoms with Crippen LogP contribution in [0.3, 0.4) is 0 Å². The Kier molecular flexibility index (Phi) is 12.8. The van der Waals surface area contributed by atoms with Crippen LogP contribution in [0.25, 0.3) is 0 Å². The number of hydrogen-bond acceptors (Lipinski definition) is 5. The molecule has 8 heteroatoms. The molecule has 0 aliphatic carbocycles. The molecule has 0 atom stereocenters. The van der Waals surface area contributed by atoms with Crippen LogP contribution in [0.2, 0.25) is 5.02 Å². The van der Waals surface area contributed by atoms with E-state index in [1.807, 2.05) is 0 Å². The molecule has 0 bridgehead atoms. The number of carbonyl (C=O) groups is 2. The van der Waals surface area contributed by atoms with Gasteiger partial charge in [-0.2, -0.15) is 8.42 Å². The lowest BCUT2D eigenvalue weighted by Crippen LogP contribution is -2.30. The number of halogens is 1. The molecular weight excluding hydrogens is 522 g/mol. The molecule has 208 valence electrons. The van der Waals surface area contributed by atoms with E-state index in [4.69, 9.17) is 15.8 Å². The lowest BCUT2D eigenvalue weighted by Gasteiger charge is -2.13. The van der Waals surface area contributed by atoms with E-state index < -0.39 is 10.1 Å². The van der Waals surface area contributed by atoms with Gasteiger partial charge in [0.05, 0.1) is 22.6 Å². The number of benzene rings is 2. The highest BCUT2D eigenvalue weighted by Gasteiger charge is 2.34. The third-order valence-corrected chi connectivity index (χ3v) is 8.57. The first-order valence-corrected chi connectivity index (χ1v) is 15.8. The maximum atomic E-state index is 12.4. The van der Waals surface area contributed by atoms with Gasteiger partial charge in [0.1, 0.15) is 0 Å². The van der Waals surface area contributed by atoms with Crippen molar-refractivity contribution >= 4 is 33.5 Å². The highest BCUT2D eigenvalue weighted by atomic mass is 35.5. The van der Waals surface area contributed by atoms with Gasteiger partial charge in [-0.05, 0) is 49.2 Å². The van der Waals surface area contributed by atoms with Crippen molar-refractivity contribution in [1.82, 2.24) is 4.90 Å². The summed E-state index contributed by atoms with van der Waals surface area (Å²) in [5.74, 6) is -0.305. The van der Waals surface area contributed by atoms with Crippen molar-refractivity contribution in [3.8, 4) is 0 Å². The lowest BCUT2D eigenvalue weighted by atomic mass is 10.0. The summed E-state index contributed by atoms with van der Waals surface area (Å²) in [6, 6.07) is 13.1. The summed E-state index contributed by atoms with van der Waals surface area (Å²) in [6.45, 7) is 0.732. The molecule has 0 unspecified atom stereocenters. The number of carbonyl (C=O) groups excluding carboxylic acids is 2. The van der Waals surface area contributed by atoms with Gasteiger partial charge in [0.25, 0.3) is 21.9 Å². The summed E-state index contributed by atoms with van der Waals surface area (Å²) >= 11 is 5.79. The van der Waals surface area contributed by atoms with E-state index >= 15 is 0 Å². The van der Waals surface area contributed by atoms with Crippen LogP contribution >= 0.6 is 11.6 Å². The second-order valence-corrected chi connectivity index (χ2v) is 12.0. The number of fused-ring (bicyclic) bond motifs is 1. The van der Waals surface area contributed by atoms with Crippen molar-refractivity contribution in [3.05, 3.63) is 64.7 Å². The van der Waals surface area contributed by atoms with Crippen LogP contribution in [0, 0.1) is 0 Å². The Morgan fingerprint density at radius 1 is 0.605 bits per heavy atom. The van der Waals surface area contributed by atoms with Gasteiger partial charge in [0, 0.05) is 11.6 Å². The second-order valence-electron chi connectivity index (χ2n) is 9.99. The normalized spacial score (nSPS) is 13.3. The van der Waals surface area contributed by atoms with Crippen molar-refractivity contribution in [2.45, 2.75) is 94.8 Å². The quantitative estimate of drug-likeness (QED) is 0.0992. The summed E-state index contributed by atoms with van der Waals surface area (Å²) < 4.78 is 29.3. The van der Waals surface area contributed by atoms with E-state index in [0.717, 1.165) is 38.5 Å². The largest absolute Gasteiger partial charge is 0.296 e. The van der Waals surface area contributed by atoms with Crippen LogP contribution < -0.4 is 0 Å². The Labute approximate surface area is 232 Å². The molecule has 2 amide bonds. The number of rotatable bonds is 19. The zero-order valence-corrected chi connectivity index (χ0v) is 23.8. The van der Waals surface area contributed by atoms with E-state index in [9.17, 15) is 18.0 Å². The van der Waals surface area contributed by atoms with E-state index in [2.05, 4.69) is 0 Å². The maximum Gasteiger partial charge on any atom is 0.296 e. The van der Waals surface area contributed by atoms with Crippen LogP contribution in [0.4, 0.5) is 0 Å². The molecule has 2 aromatic carbocycles. The first-order valence-electron chi connectivity index (χ1n) is 14.0. The number of unbranched alkanes of at least 4 members (excludes halogenated alkanes) is 13. The average molecular weight is 562 g/mol. The number of imide groups is 1. The fourth-order valence-electron chi connectivity index (χ4n) is 4.77. The molecule has 0 radical (unpaired) electrons. The van der Waals surface area contributed by atoms with Crippen LogP contribution in [0.1, 0.15) is 111 Å². The van der Waals surface area contributed by atoms with Gasteiger partial charge in [0.15, 0.2) is 0 Å². The Morgan fingerprint density at radius 2 is 1.03 bits per heavy atom. The summed E-state index contributed by atoms with van der Waals surface area (Å²) in [7, 11) is -3.70. The van der Waals surface area contributed by atoms with E-state index in [-0.39, 0.29) is 23.3 Å². The topological polar surface area (TPSA) is 80.8 Å². The molecule has 2 aromatic rings. The predicted octanol–water partition coefficient (Wildman–Crippen LogP) is 7.80. The summed E-state index contributed by atoms with van der Waals surface area (Å²) in [5.41, 5.74) is 1.07. The van der Waals surface area contributed by atoms with E-state index in [1.54, 1.807) is 36.4 Å². The molecule has 0 aromatic heterocycles. The highest BCUT2D eigenvalue weighted by molar-refractivity contribution is 7.86. The minimum absolute atomic E-state index is 0.140. The molecule has 6 nitrogen and oxygen atoms in total. The Bertz CT molecular complexity index is 1100. The summed E-state index contributed by atoms with van der Waals surface area (Å²) in [6.07, 6.45) is 15.8. The maximum absolute atomic E-state index is 12.4. The van der Waals surface area contributed by atoms with Crippen molar-refractivity contribution in [1.29, 1.82) is 0 Å². The number of hydrogen-bond donors (Lipinski definition) is 0. The molecule has 0 saturated heterocycles. The molecule has 38 heavy (non-hydrogen) atoms. The van der Waals surface area contributed by atoms with E-state index in [1.165, 1.54) is 68.4 Å². The molecule has 0 spiro atoms. The van der Waals surface area contributed by atoms with Gasteiger partial charge in [-0.25, -0.2) is 0 Å². The zero-order chi connectivity index (χ0) is 27.2. The molecule has 0 fully saturated rings. The summed E-state index contributed by atoms with van der Waals surface area (Å²) in [4.78, 5) is 26.3. The molecule has 1 heterocycles. The highest BCUT2D eigenvalue weighted by Crippen LogP contribution is 2.23. The second kappa shape index (κ2) is 16.0. The minimum atomic E-state index is -3.70. The molecule has 1 aliphatic rings. The van der Waals surface area contributed by atoms with E-state index in [0.29, 0.717) is 22.7 Å². The average Bonchev–Trinajstić information content (AvgIpc) is 3.15. The SMILES string of the molecule is O=C1c2ccccc2C(=O)N1CCCCCCCCCCCCCCCCOS(=O)(=O)c1ccc(Cl)cc1. The number of amides is 2. The van der Waals surface area contributed by atoms with Gasteiger partial charge in [-0.3, -0.25) is 18.7 Å². The molecule has 0 N–H and O–H groups in total. The first kappa shape index (κ1) is 30.3. The van der Waals surface area contributed by atoms with Gasteiger partial charge in [-0.15, -0.1) is 0 Å². The molecule has 3 rings (SSSR count). The molecule has 0 saturated carbocycles. The van der Waals surface area contributed by atoms with Crippen LogP contribution in [0.5, 0.6) is 0 Å². The lowest BCUT2D eigenvalue weighted by molar-refractivity contribution is 0.0651. The van der Waals surface area contributed by atoms with Crippen molar-refractivity contribution in [3.63, 3.8) is 0 Å². The van der Waals surface area contributed by atoms with Gasteiger partial charge in [0.2, 0.25) is 0 Å². The monoisotopic (exact) mass is 561 g/mol. The zero-order valence-electron chi connectivity index (χ0n) is 22.2. The first-order chi connectivity index (χ1) is 18.4. The third kappa shape index (κ3) is 9.51. The fourth-order valence-corrected chi connectivity index (χ4v) is 5.84. The predicted molar refractivity (Wildman–Crippen MR) is 151 cm³/mol. The fraction of sp³-hybridized carbons (Fsp3) is 0.533. The van der Waals surface area contributed by atoms with Crippen molar-refractivity contribution in [2.75, 3.05) is 13.2 Å². The van der Waals surface area contributed by atoms with Crippen molar-refractivity contribution in [2.24, 2.45) is 0 Å². The van der Waals surface area contributed by atoms with Crippen LogP contribution in [-0.2, 0) is 14.3 Å². The smallest absolute Gasteiger partial charge is 0.274 e. The van der Waals surface area contributed by atoms with Gasteiger partial charge in [-0.1, -0.05) is 101 Å². The Morgan fingerprint density at radius 3 is 1.50 bits per heavy atom. The minimum Gasteiger partial charge on any atom is -0.274 e. The third-order valence-electron chi connectivity index (χ3n) is 7.00. The Hall–Kier alpha value is -2.22. The van der Waals surface area contributed by atoms with Crippen molar-refractivity contribution < 1.29 is 22.2 Å². The standard InChI is InChI=1S/C30H40ClNO5S/c31-25-19-21-26(22-20-25)38(35,36)37-24-16-12-10-8-6-4-2-1-3-5-7-9-11-15-23-32-29(33)27-17-13-14-18-28(27)30(32)34/h13-14,17-22H,1-12,15-16,23-24H2. The van der Waals surface area contributed by atoms with Gasteiger partial charge >= 0.3 is 0 Å². The van der Waals surface area contributed by atoms with Gasteiger partial charge < -0.3 is 0 Å². The van der Waals surface area contributed by atoms with Crippen LogP contribution in [0.15, 0.2) is 53.4 Å². The Balaban J connectivity index is 1.07. The van der Waals surface area contributed by atoms with Crippen LogP contribution in [-0.4, -0.2) is 38.3 Å². The summed E-state index contributed by atoms with van der Waals surface area (Å²) in [5, 5.41) is 0.496. The molecular formula is C30H40ClNO5S. The molecule has 1 aliphatic heterocycles. The number of nitrogens with zero attached hydrogens (tertiary/aromatic N) is 1.